The van der Waals surface area contributed by atoms with E-state index in [0.717, 1.165) is 11.3 Å². The molecule has 1 aromatic carbocycles. The molecule has 1 aliphatic rings. The maximum Gasteiger partial charge on any atom is 0.310 e. The second-order valence-corrected chi connectivity index (χ2v) is 10.2. The van der Waals surface area contributed by atoms with Crippen molar-refractivity contribution in [2.45, 2.75) is 44.4 Å². The zero-order chi connectivity index (χ0) is 20.0. The van der Waals surface area contributed by atoms with E-state index in [-0.39, 0.29) is 28.4 Å². The summed E-state index contributed by atoms with van der Waals surface area (Å²) in [6, 6.07) is 3.78. The third-order valence-electron chi connectivity index (χ3n) is 4.73. The first kappa shape index (κ1) is 19.9. The zero-order valence-electron chi connectivity index (χ0n) is 16.2. The first-order valence-corrected chi connectivity index (χ1v) is 11.4. The average molecular weight is 409 g/mol. The van der Waals surface area contributed by atoms with E-state index in [0.29, 0.717) is 12.0 Å². The van der Waals surface area contributed by atoms with Crippen LogP contribution < -0.4 is 4.18 Å². The van der Waals surface area contributed by atoms with E-state index < -0.39 is 10.1 Å². The molecule has 0 atom stereocenters. The van der Waals surface area contributed by atoms with Gasteiger partial charge in [0.1, 0.15) is 5.56 Å². The van der Waals surface area contributed by atoms with Crippen LogP contribution in [0.1, 0.15) is 54.2 Å². The lowest BCUT2D eigenvalue weighted by atomic mass is 9.81. The maximum atomic E-state index is 13.2. The number of fused-ring (bicyclic) bond motifs is 1. The van der Waals surface area contributed by atoms with Crippen LogP contribution in [-0.2, 0) is 22.6 Å². The molecule has 6 nitrogen and oxygen atoms in total. The van der Waals surface area contributed by atoms with Crippen LogP contribution in [0.2, 0.25) is 0 Å². The number of carbonyl (C=O) groups excluding carboxylic acids is 1. The molecule has 27 heavy (non-hydrogen) atoms. The molecule has 0 fully saturated rings. The van der Waals surface area contributed by atoms with Crippen molar-refractivity contribution in [3.63, 3.8) is 0 Å². The van der Waals surface area contributed by atoms with Gasteiger partial charge < -0.3 is 4.18 Å². The number of rotatable bonds is 6. The van der Waals surface area contributed by atoms with Gasteiger partial charge in [0.25, 0.3) is 0 Å². The van der Waals surface area contributed by atoms with Gasteiger partial charge in [-0.15, -0.1) is 11.8 Å². The minimum Gasteiger partial charge on any atom is -0.361 e. The molecular weight excluding hydrogens is 384 g/mol. The van der Waals surface area contributed by atoms with E-state index in [1.807, 2.05) is 19.1 Å². The van der Waals surface area contributed by atoms with Gasteiger partial charge in [0, 0.05) is 28.7 Å². The summed E-state index contributed by atoms with van der Waals surface area (Å²) in [7, 11) is -2.21. The van der Waals surface area contributed by atoms with E-state index in [2.05, 4.69) is 18.9 Å². The fraction of sp³-hybridized carbons (Fsp3) is 0.474. The summed E-state index contributed by atoms with van der Waals surface area (Å²) in [5.74, 6) is 0.534. The first-order chi connectivity index (χ1) is 12.6. The number of carbonyl (C=O) groups is 1. The molecule has 0 N–H and O–H groups in total. The largest absolute Gasteiger partial charge is 0.361 e. The van der Waals surface area contributed by atoms with Crippen LogP contribution in [0, 0.1) is 6.92 Å². The smallest absolute Gasteiger partial charge is 0.310 e. The van der Waals surface area contributed by atoms with Crippen molar-refractivity contribution in [3.8, 4) is 5.88 Å². The molecule has 1 aliphatic heterocycles. The topological polar surface area (TPSA) is 78.3 Å². The Hall–Kier alpha value is -1.80. The van der Waals surface area contributed by atoms with Gasteiger partial charge >= 0.3 is 10.1 Å². The van der Waals surface area contributed by atoms with Gasteiger partial charge in [0.2, 0.25) is 5.88 Å². The molecule has 0 radical (unpaired) electrons. The van der Waals surface area contributed by atoms with E-state index in [1.165, 1.54) is 21.3 Å². The van der Waals surface area contributed by atoms with E-state index >= 15 is 0 Å². The van der Waals surface area contributed by atoms with Crippen molar-refractivity contribution < 1.29 is 17.4 Å². The number of nitrogens with zero attached hydrogens (tertiary/aromatic N) is 2. The van der Waals surface area contributed by atoms with Gasteiger partial charge in [-0.3, -0.25) is 4.79 Å². The maximum absolute atomic E-state index is 13.2. The van der Waals surface area contributed by atoms with Crippen LogP contribution in [0.25, 0.3) is 0 Å². The van der Waals surface area contributed by atoms with Gasteiger partial charge in [-0.25, -0.2) is 4.68 Å². The molecule has 0 amide bonds. The van der Waals surface area contributed by atoms with Crippen molar-refractivity contribution in [2.24, 2.45) is 7.05 Å². The summed E-state index contributed by atoms with van der Waals surface area (Å²) < 4.78 is 30.7. The normalized spacial score (nSPS) is 15.6. The third-order valence-corrected chi connectivity index (χ3v) is 7.56. The van der Waals surface area contributed by atoms with Crippen molar-refractivity contribution in [2.75, 3.05) is 11.5 Å². The minimum atomic E-state index is -3.77. The van der Waals surface area contributed by atoms with Gasteiger partial charge in [0.15, 0.2) is 5.78 Å². The Morgan fingerprint density at radius 1 is 1.33 bits per heavy atom. The first-order valence-electron chi connectivity index (χ1n) is 8.83. The summed E-state index contributed by atoms with van der Waals surface area (Å²) in [6.45, 7) is 8.04. The lowest BCUT2D eigenvalue weighted by Gasteiger charge is -2.21. The summed E-state index contributed by atoms with van der Waals surface area (Å²) in [5.41, 5.74) is 2.81. The molecule has 0 saturated heterocycles. The fourth-order valence-electron chi connectivity index (χ4n) is 3.46. The number of hydrogen-bond donors (Lipinski definition) is 0. The van der Waals surface area contributed by atoms with Gasteiger partial charge in [0.05, 0.1) is 11.9 Å². The number of hydrogen-bond acceptors (Lipinski definition) is 6. The summed E-state index contributed by atoms with van der Waals surface area (Å²) in [4.78, 5) is 14.4. The summed E-state index contributed by atoms with van der Waals surface area (Å²) in [6.07, 6.45) is 1.80. The minimum absolute atomic E-state index is 0.0148. The molecule has 8 heteroatoms. The number of thioether (sulfide) groups is 1. The molecule has 3 rings (SSSR count). The predicted molar refractivity (Wildman–Crippen MR) is 106 cm³/mol. The SMILES string of the molecule is CCCS(=O)(=O)Oc1c(C(=O)c2ccc3c(c2C)C(C)(C)CS3)cnn1C. The average Bonchev–Trinajstić information content (AvgIpc) is 3.07. The Balaban J connectivity index is 2.04. The highest BCUT2D eigenvalue weighted by Crippen LogP contribution is 2.46. The predicted octanol–water partition coefficient (Wildman–Crippen LogP) is 3.46. The van der Waals surface area contributed by atoms with Gasteiger partial charge in [-0.05, 0) is 36.6 Å². The molecule has 0 unspecified atom stereocenters. The molecule has 1 aromatic heterocycles. The Labute approximate surface area is 164 Å². The van der Waals surface area contributed by atoms with Crippen molar-refractivity contribution in [1.29, 1.82) is 0 Å². The van der Waals surface area contributed by atoms with Crippen molar-refractivity contribution in [1.82, 2.24) is 9.78 Å². The van der Waals surface area contributed by atoms with E-state index in [4.69, 9.17) is 4.18 Å². The third kappa shape index (κ3) is 3.65. The van der Waals surface area contributed by atoms with Crippen LogP contribution in [0.4, 0.5) is 0 Å². The molecule has 146 valence electrons. The summed E-state index contributed by atoms with van der Waals surface area (Å²) in [5, 5.41) is 4.04. The Bertz CT molecular complexity index is 1010. The van der Waals surface area contributed by atoms with Crippen LogP contribution >= 0.6 is 11.8 Å². The molecule has 0 spiro atoms. The van der Waals surface area contributed by atoms with E-state index in [9.17, 15) is 13.2 Å². The highest BCUT2D eigenvalue weighted by molar-refractivity contribution is 7.99. The lowest BCUT2D eigenvalue weighted by Crippen LogP contribution is -2.19. The number of aromatic nitrogens is 2. The molecule has 2 aromatic rings. The molecular formula is C19H24N2O4S2. The second-order valence-electron chi connectivity index (χ2n) is 7.45. The van der Waals surface area contributed by atoms with Crippen LogP contribution in [0.3, 0.4) is 0 Å². The highest BCUT2D eigenvalue weighted by atomic mass is 32.2. The molecule has 2 heterocycles. The molecule has 0 aliphatic carbocycles. The van der Waals surface area contributed by atoms with E-state index in [1.54, 1.807) is 25.7 Å². The number of benzene rings is 1. The standard InChI is InChI=1S/C19H24N2O4S2/c1-6-9-27(23,24)25-18-14(10-20-21(18)5)17(22)13-7-8-15-16(12(13)2)19(3,4)11-26-15/h7-8,10H,6,9,11H2,1-5H3. The quantitative estimate of drug-likeness (QED) is 0.538. The van der Waals surface area contributed by atoms with Gasteiger partial charge in [-0.2, -0.15) is 13.5 Å². The molecule has 0 bridgehead atoms. The Kier molecular flexibility index (Phi) is 5.16. The number of aryl methyl sites for hydroxylation is 1. The van der Waals surface area contributed by atoms with Crippen molar-refractivity contribution >= 4 is 27.7 Å². The lowest BCUT2D eigenvalue weighted by molar-refractivity contribution is 0.103. The highest BCUT2D eigenvalue weighted by Gasteiger charge is 2.34. The van der Waals surface area contributed by atoms with Gasteiger partial charge in [-0.1, -0.05) is 20.8 Å². The molecule has 0 saturated carbocycles. The number of ketones is 1. The monoisotopic (exact) mass is 408 g/mol. The summed E-state index contributed by atoms with van der Waals surface area (Å²) >= 11 is 1.79. The Morgan fingerprint density at radius 2 is 2.04 bits per heavy atom. The fourth-order valence-corrected chi connectivity index (χ4v) is 5.88. The zero-order valence-corrected chi connectivity index (χ0v) is 17.8. The van der Waals surface area contributed by atoms with Crippen molar-refractivity contribution in [3.05, 3.63) is 40.6 Å². The van der Waals surface area contributed by atoms with Crippen LogP contribution in [-0.4, -0.2) is 35.5 Å². The Morgan fingerprint density at radius 3 is 2.70 bits per heavy atom. The van der Waals surface area contributed by atoms with Crippen LogP contribution in [0.15, 0.2) is 23.2 Å². The second kappa shape index (κ2) is 6.98. The van der Waals surface area contributed by atoms with Crippen LogP contribution in [0.5, 0.6) is 5.88 Å².